The van der Waals surface area contributed by atoms with E-state index in [1.807, 2.05) is 32.3 Å². The van der Waals surface area contributed by atoms with E-state index < -0.39 is 21.7 Å². The summed E-state index contributed by atoms with van der Waals surface area (Å²) in [6, 6.07) is 20.0. The van der Waals surface area contributed by atoms with Gasteiger partial charge < -0.3 is 14.8 Å². The lowest BCUT2D eigenvalue weighted by atomic mass is 10.1. The van der Waals surface area contributed by atoms with E-state index >= 15 is 0 Å². The van der Waals surface area contributed by atoms with Crippen molar-refractivity contribution in [2.75, 3.05) is 30.7 Å². The molecule has 0 amide bonds. The molecule has 0 bridgehead atoms. The van der Waals surface area contributed by atoms with Crippen molar-refractivity contribution in [3.8, 4) is 21.8 Å². The number of nitrogens with zero attached hydrogens (tertiary/aromatic N) is 5. The van der Waals surface area contributed by atoms with E-state index in [0.29, 0.717) is 27.8 Å². The van der Waals surface area contributed by atoms with E-state index in [4.69, 9.17) is 4.98 Å². The van der Waals surface area contributed by atoms with E-state index in [-0.39, 0.29) is 10.0 Å². The summed E-state index contributed by atoms with van der Waals surface area (Å²) in [5.74, 6) is -0.632. The Hall–Kier alpha value is -4.72. The molecule has 0 unspecified atom stereocenters. The number of sulfonamides is 1. The Labute approximate surface area is 256 Å². The van der Waals surface area contributed by atoms with Crippen LogP contribution in [0, 0.1) is 11.6 Å². The molecule has 0 aliphatic rings. The smallest absolute Gasteiger partial charge is 0.263 e. The number of hydrogen-bond donors (Lipinski definition) is 2. The van der Waals surface area contributed by atoms with Gasteiger partial charge in [-0.1, -0.05) is 11.3 Å². The number of benzene rings is 3. The summed E-state index contributed by atoms with van der Waals surface area (Å²) >= 11 is 1.07. The fourth-order valence-corrected chi connectivity index (χ4v) is 6.78. The first-order chi connectivity index (χ1) is 21.1. The Kier molecular flexibility index (Phi) is 8.08. The molecular formula is C31H27F2N7O2S2. The van der Waals surface area contributed by atoms with Crippen LogP contribution in [-0.2, 0) is 16.6 Å². The van der Waals surface area contributed by atoms with E-state index in [2.05, 4.69) is 41.7 Å². The van der Waals surface area contributed by atoms with Crippen LogP contribution in [0.1, 0.15) is 0 Å². The third-order valence-corrected chi connectivity index (χ3v) is 9.27. The van der Waals surface area contributed by atoms with Crippen LogP contribution in [0.4, 0.5) is 25.5 Å². The van der Waals surface area contributed by atoms with Crippen molar-refractivity contribution in [1.82, 2.24) is 24.4 Å². The number of anilines is 3. The van der Waals surface area contributed by atoms with Crippen LogP contribution in [0.2, 0.25) is 0 Å². The summed E-state index contributed by atoms with van der Waals surface area (Å²) in [5.41, 5.74) is 3.40. The second kappa shape index (κ2) is 12.1. The van der Waals surface area contributed by atoms with Crippen molar-refractivity contribution in [2.24, 2.45) is 0 Å². The monoisotopic (exact) mass is 631 g/mol. The third-order valence-electron chi connectivity index (χ3n) is 6.79. The van der Waals surface area contributed by atoms with E-state index in [1.165, 1.54) is 24.3 Å². The molecule has 6 rings (SSSR count). The zero-order valence-corrected chi connectivity index (χ0v) is 25.3. The Balaban J connectivity index is 1.31. The number of halogens is 2. The average Bonchev–Trinajstić information content (AvgIpc) is 3.60. The quantitative estimate of drug-likeness (QED) is 0.175. The molecule has 9 nitrogen and oxygen atoms in total. The molecule has 0 aliphatic heterocycles. The van der Waals surface area contributed by atoms with Crippen molar-refractivity contribution in [2.45, 2.75) is 11.4 Å². The van der Waals surface area contributed by atoms with Gasteiger partial charge in [0.2, 0.25) is 5.95 Å². The molecule has 6 aromatic rings. The van der Waals surface area contributed by atoms with Crippen molar-refractivity contribution >= 4 is 49.0 Å². The van der Waals surface area contributed by atoms with Crippen molar-refractivity contribution < 1.29 is 17.2 Å². The van der Waals surface area contributed by atoms with Gasteiger partial charge in [-0.25, -0.2) is 32.2 Å². The maximum atomic E-state index is 13.7. The first-order valence-corrected chi connectivity index (χ1v) is 15.8. The van der Waals surface area contributed by atoms with E-state index in [9.17, 15) is 17.2 Å². The molecule has 0 atom stereocenters. The highest BCUT2D eigenvalue weighted by Crippen LogP contribution is 2.39. The van der Waals surface area contributed by atoms with E-state index in [1.54, 1.807) is 24.4 Å². The lowest BCUT2D eigenvalue weighted by Crippen LogP contribution is -2.17. The predicted octanol–water partition coefficient (Wildman–Crippen LogP) is 6.61. The highest BCUT2D eigenvalue weighted by atomic mass is 32.2. The van der Waals surface area contributed by atoms with Gasteiger partial charge in [-0.05, 0) is 93.0 Å². The number of fused-ring (bicyclic) bond motifs is 1. The molecule has 0 aliphatic carbocycles. The van der Waals surface area contributed by atoms with Crippen LogP contribution in [0.3, 0.4) is 0 Å². The standard InChI is InChI=1S/C31H27F2N7O2S2/c1-39(2)17-18-40-16-14-21-19-24(9-12-27(21)40)35-30-34-15-13-26(36-30)29-28(20-3-5-22(32)6-4-20)37-31(43-29)38-44(41,42)25-10-7-23(33)8-11-25/h3-16,19H,17-18H2,1-2H3,(H,37,38)(H,34,35,36). The highest BCUT2D eigenvalue weighted by molar-refractivity contribution is 7.93. The predicted molar refractivity (Wildman–Crippen MR) is 170 cm³/mol. The molecule has 3 heterocycles. The first-order valence-electron chi connectivity index (χ1n) is 13.5. The molecule has 0 fully saturated rings. The van der Waals surface area contributed by atoms with Gasteiger partial charge in [0.05, 0.1) is 21.2 Å². The van der Waals surface area contributed by atoms with Gasteiger partial charge in [0.1, 0.15) is 11.6 Å². The van der Waals surface area contributed by atoms with Crippen molar-refractivity contribution in [3.05, 3.63) is 103 Å². The van der Waals surface area contributed by atoms with Crippen molar-refractivity contribution in [3.63, 3.8) is 0 Å². The van der Waals surface area contributed by atoms with Gasteiger partial charge in [-0.15, -0.1) is 0 Å². The lowest BCUT2D eigenvalue weighted by molar-refractivity contribution is 0.387. The number of hydrogen-bond acceptors (Lipinski definition) is 8. The van der Waals surface area contributed by atoms with Crippen LogP contribution in [0.15, 0.2) is 96.2 Å². The Morgan fingerprint density at radius 1 is 0.909 bits per heavy atom. The number of aromatic nitrogens is 4. The van der Waals surface area contributed by atoms with Crippen LogP contribution >= 0.6 is 11.3 Å². The number of thiazole rings is 1. The molecule has 3 aromatic carbocycles. The zero-order chi connectivity index (χ0) is 30.8. The minimum atomic E-state index is -4.06. The number of nitrogens with one attached hydrogen (secondary N) is 2. The van der Waals surface area contributed by atoms with Crippen LogP contribution in [-0.4, -0.2) is 53.5 Å². The molecular weight excluding hydrogens is 605 g/mol. The second-order valence-corrected chi connectivity index (χ2v) is 12.9. The van der Waals surface area contributed by atoms with Gasteiger partial charge in [0.25, 0.3) is 10.0 Å². The normalized spacial score (nSPS) is 11.8. The Morgan fingerprint density at radius 3 is 2.36 bits per heavy atom. The second-order valence-electron chi connectivity index (χ2n) is 10.2. The maximum absolute atomic E-state index is 13.7. The molecule has 0 saturated heterocycles. The molecule has 3 aromatic heterocycles. The van der Waals surface area contributed by atoms with Crippen LogP contribution in [0.25, 0.3) is 32.7 Å². The third kappa shape index (κ3) is 6.44. The number of likely N-dealkylation sites (N-methyl/N-ethyl adjacent to an activating group) is 1. The minimum absolute atomic E-state index is 0.0704. The molecule has 0 radical (unpaired) electrons. The summed E-state index contributed by atoms with van der Waals surface area (Å²) in [7, 11) is 0.0353. The summed E-state index contributed by atoms with van der Waals surface area (Å²) < 4.78 is 57.8. The lowest BCUT2D eigenvalue weighted by Gasteiger charge is -2.11. The molecule has 0 spiro atoms. The van der Waals surface area contributed by atoms with Gasteiger partial charge in [0.15, 0.2) is 5.13 Å². The van der Waals surface area contributed by atoms with Gasteiger partial charge in [-0.3, -0.25) is 4.72 Å². The first kappa shape index (κ1) is 29.4. The molecule has 13 heteroatoms. The Morgan fingerprint density at radius 2 is 1.64 bits per heavy atom. The Bertz CT molecular complexity index is 2040. The SMILES string of the molecule is CN(C)CCn1ccc2cc(Nc3nccc(-c4sc(NS(=O)(=O)c5ccc(F)cc5)nc4-c4ccc(F)cc4)n3)ccc21. The maximum Gasteiger partial charge on any atom is 0.263 e. The topological polar surface area (TPSA) is 105 Å². The minimum Gasteiger partial charge on any atom is -0.346 e. The fourth-order valence-electron chi connectivity index (χ4n) is 4.58. The van der Waals surface area contributed by atoms with Crippen LogP contribution in [0.5, 0.6) is 0 Å². The van der Waals surface area contributed by atoms with E-state index in [0.717, 1.165) is 53.1 Å². The van der Waals surface area contributed by atoms with Gasteiger partial charge in [-0.2, -0.15) is 0 Å². The summed E-state index contributed by atoms with van der Waals surface area (Å²) in [4.78, 5) is 16.2. The largest absolute Gasteiger partial charge is 0.346 e. The molecule has 0 saturated carbocycles. The average molecular weight is 632 g/mol. The number of rotatable bonds is 10. The molecule has 224 valence electrons. The highest BCUT2D eigenvalue weighted by Gasteiger charge is 2.22. The zero-order valence-electron chi connectivity index (χ0n) is 23.7. The fraction of sp³-hybridized carbons (Fsp3) is 0.129. The summed E-state index contributed by atoms with van der Waals surface area (Å²) in [5, 5.41) is 4.40. The molecule has 44 heavy (non-hydrogen) atoms. The van der Waals surface area contributed by atoms with Gasteiger partial charge in [0, 0.05) is 47.6 Å². The summed E-state index contributed by atoms with van der Waals surface area (Å²) in [6.07, 6.45) is 3.66. The van der Waals surface area contributed by atoms with Gasteiger partial charge >= 0.3 is 0 Å². The molecule has 2 N–H and O–H groups in total. The van der Waals surface area contributed by atoms with Crippen LogP contribution < -0.4 is 10.0 Å². The van der Waals surface area contributed by atoms with Crippen molar-refractivity contribution in [1.29, 1.82) is 0 Å². The summed E-state index contributed by atoms with van der Waals surface area (Å²) in [6.45, 7) is 1.80.